The number of fused-ring (bicyclic) bond motifs is 4. The van der Waals surface area contributed by atoms with Crippen molar-refractivity contribution in [3.05, 3.63) is 268 Å². The maximum absolute atomic E-state index is 13.0. The van der Waals surface area contributed by atoms with E-state index in [0.29, 0.717) is 118 Å². The molecule has 103 heavy (non-hydrogen) atoms. The number of nitrogens with zero attached hydrogens (tertiary/aromatic N) is 5. The molecule has 5 heterocycles. The monoisotopic (exact) mass is 1570 g/mol. The third-order valence-electron chi connectivity index (χ3n) is 17.5. The Morgan fingerprint density at radius 1 is 0.485 bits per heavy atom. The molecule has 1 aliphatic rings. The molecule has 7 aromatic carbocycles. The number of carbonyl (C=O) groups excluding carboxylic acids is 4. The number of methoxy groups -OCH3 is 4. The summed E-state index contributed by atoms with van der Waals surface area (Å²) in [7, 11) is 6.32. The fraction of sp³-hybridized carbons (Fsp3) is 0.203. The largest absolute Gasteiger partial charge is 0.496 e. The molecule has 0 saturated heterocycles. The molecule has 0 unspecified atom stereocenters. The van der Waals surface area contributed by atoms with Gasteiger partial charge in [-0.2, -0.15) is 0 Å². The van der Waals surface area contributed by atoms with Gasteiger partial charge < -0.3 is 46.8 Å². The second-order valence-electron chi connectivity index (χ2n) is 23.9. The Hall–Kier alpha value is -10.0. The lowest BCUT2D eigenvalue weighted by atomic mass is 9.91. The number of allylic oxidation sites excluding steroid dienone is 1. The lowest BCUT2D eigenvalue weighted by molar-refractivity contribution is -0.117. The van der Waals surface area contributed by atoms with Crippen LogP contribution in [0.3, 0.4) is 0 Å². The minimum atomic E-state index is -0.331. The van der Waals surface area contributed by atoms with Crippen LogP contribution in [0.5, 0.6) is 23.0 Å². The highest BCUT2D eigenvalue weighted by Crippen LogP contribution is 2.40. The molecule has 0 fully saturated rings. The van der Waals surface area contributed by atoms with Crippen molar-refractivity contribution in [1.29, 1.82) is 0 Å². The molecule has 528 valence electrons. The number of halogens is 5. The summed E-state index contributed by atoms with van der Waals surface area (Å²) < 4.78 is 38.9. The maximum atomic E-state index is 13.0. The van der Waals surface area contributed by atoms with Crippen LogP contribution >= 0.6 is 66.7 Å². The molecular formula is C79H68Br2Cl3N5O14. The van der Waals surface area contributed by atoms with E-state index in [-0.39, 0.29) is 52.2 Å². The lowest BCUT2D eigenvalue weighted by Gasteiger charge is -2.16. The lowest BCUT2D eigenvalue weighted by Crippen LogP contribution is -2.25. The Bertz CT molecular complexity index is 5410. The average molecular weight is 1580 g/mol. The molecular weight excluding hydrogens is 1510 g/mol. The van der Waals surface area contributed by atoms with Gasteiger partial charge in [-0.3, -0.25) is 33.6 Å². The normalized spacial score (nSPS) is 11.6. The van der Waals surface area contributed by atoms with Gasteiger partial charge in [0.15, 0.2) is 24.6 Å². The Labute approximate surface area is 623 Å². The molecule has 0 aliphatic heterocycles. The number of aldehydes is 3. The van der Waals surface area contributed by atoms with Crippen molar-refractivity contribution >= 4 is 130 Å². The number of carbonyl (C=O) groups is 4. The van der Waals surface area contributed by atoms with E-state index in [1.54, 1.807) is 72.5 Å². The van der Waals surface area contributed by atoms with Gasteiger partial charge in [0.2, 0.25) is 0 Å². The number of ether oxygens (including phenoxy) is 4. The van der Waals surface area contributed by atoms with Crippen LogP contribution in [0, 0.1) is 27.7 Å². The predicted molar refractivity (Wildman–Crippen MR) is 408 cm³/mol. The Morgan fingerprint density at radius 3 is 1.24 bits per heavy atom. The summed E-state index contributed by atoms with van der Waals surface area (Å²) in [4.78, 5) is 83.7. The molecule has 1 aliphatic carbocycles. The quantitative estimate of drug-likeness (QED) is 0.0584. The molecule has 0 radical (unpaired) electrons. The van der Waals surface area contributed by atoms with Crippen molar-refractivity contribution < 1.29 is 52.3 Å². The highest BCUT2D eigenvalue weighted by Gasteiger charge is 2.24. The van der Waals surface area contributed by atoms with Crippen LogP contribution in [-0.2, 0) is 61.5 Å². The van der Waals surface area contributed by atoms with Crippen LogP contribution < -0.4 is 35.6 Å². The summed E-state index contributed by atoms with van der Waals surface area (Å²) in [6, 6.07) is 42.4. The zero-order valence-corrected chi connectivity index (χ0v) is 62.6. The molecule has 0 bridgehead atoms. The summed E-state index contributed by atoms with van der Waals surface area (Å²) in [5.41, 5.74) is 11.9. The number of ketones is 1. The average Bonchev–Trinajstić information content (AvgIpc) is 1.70. The first-order chi connectivity index (χ1) is 49.5. The second kappa shape index (κ2) is 33.9. The van der Waals surface area contributed by atoms with Gasteiger partial charge in [0.1, 0.15) is 34.5 Å². The van der Waals surface area contributed by atoms with Crippen LogP contribution in [0.1, 0.15) is 77.0 Å². The zero-order valence-electron chi connectivity index (χ0n) is 57.1. The van der Waals surface area contributed by atoms with E-state index in [1.807, 2.05) is 143 Å². The molecule has 24 heteroatoms. The van der Waals surface area contributed by atoms with Gasteiger partial charge in [0, 0.05) is 86.8 Å². The van der Waals surface area contributed by atoms with Crippen LogP contribution in [0.2, 0.25) is 15.1 Å². The van der Waals surface area contributed by atoms with Crippen LogP contribution in [0.25, 0.3) is 61.0 Å². The molecule has 1 N–H and O–H groups in total. The van der Waals surface area contributed by atoms with E-state index in [4.69, 9.17) is 62.8 Å². The van der Waals surface area contributed by atoms with Gasteiger partial charge in [0.05, 0.1) is 99.8 Å². The number of rotatable bonds is 19. The van der Waals surface area contributed by atoms with Gasteiger partial charge >= 0.3 is 0 Å². The summed E-state index contributed by atoms with van der Waals surface area (Å²) in [5.74, 6) is 3.75. The number of aromatic nitrogens is 5. The molecule has 19 nitrogen and oxygen atoms in total. The molecule has 5 aromatic heterocycles. The summed E-state index contributed by atoms with van der Waals surface area (Å²) >= 11 is 24.7. The first-order valence-electron chi connectivity index (χ1n) is 32.1. The fourth-order valence-corrected chi connectivity index (χ4v) is 13.6. The molecule has 0 atom stereocenters. The minimum absolute atomic E-state index is 0.110. The van der Waals surface area contributed by atoms with Gasteiger partial charge in [0.25, 0.3) is 16.7 Å². The zero-order chi connectivity index (χ0) is 73.9. The van der Waals surface area contributed by atoms with Gasteiger partial charge in [-0.15, -0.1) is 0 Å². The smallest absolute Gasteiger partial charge is 0.261 e. The first-order valence-corrected chi connectivity index (χ1v) is 34.8. The van der Waals surface area contributed by atoms with Crippen molar-refractivity contribution in [2.24, 2.45) is 0 Å². The number of pyridine rings is 3. The predicted octanol–water partition coefficient (Wildman–Crippen LogP) is 16.3. The standard InChI is InChI=1S/C24H23ClN2O4.C24H21ClN2O4.C19H15BrClNO3.C12H9BrO3/c2*1-14-23(15(2)31-26-14)20-11-17-10-18(13-28)24(29)27(21(17)12-22(20)30-3)9-8-16-4-6-19(25)7-5-16;1-25-18-10-17-13(9-16(18)20)8-14(11-23)19(24)22(17)7-6-12-2-4-15(21)5-3-12;1-16-12-5-8-4-11(15)9(6-14)2-7(8)3-10(12)13/h4-7,10-12,28H,8-9,13H2,1-3H3;4-7,10-13H,8-9H2,1-3H3;2-5,8-11H,6-7H2,1H3;2-3,5-6H,4H2,1H3. The number of aliphatic hydroxyl groups excluding tert-OH is 1. The molecule has 0 saturated carbocycles. The molecule has 12 aromatic rings. The number of hydrogen-bond donors (Lipinski definition) is 1. The van der Waals surface area contributed by atoms with E-state index in [1.165, 1.54) is 0 Å². The van der Waals surface area contributed by atoms with Crippen molar-refractivity contribution in [3.63, 3.8) is 0 Å². The highest BCUT2D eigenvalue weighted by atomic mass is 79.9. The van der Waals surface area contributed by atoms with Gasteiger partial charge in [-0.05, 0) is 203 Å². The topological polar surface area (TPSA) is 243 Å². The minimum Gasteiger partial charge on any atom is -0.496 e. The van der Waals surface area contributed by atoms with E-state index in [9.17, 15) is 38.7 Å². The number of hydrogen-bond acceptors (Lipinski definition) is 16. The third kappa shape index (κ3) is 17.1. The Morgan fingerprint density at radius 2 is 0.864 bits per heavy atom. The van der Waals surface area contributed by atoms with E-state index in [2.05, 4.69) is 42.2 Å². The summed E-state index contributed by atoms with van der Waals surface area (Å²) in [6.45, 7) is 8.41. The van der Waals surface area contributed by atoms with E-state index < -0.39 is 0 Å². The van der Waals surface area contributed by atoms with Crippen molar-refractivity contribution in [3.8, 4) is 45.3 Å². The number of benzene rings is 7. The molecule has 0 amide bonds. The first kappa shape index (κ1) is 75.7. The van der Waals surface area contributed by atoms with Crippen molar-refractivity contribution in [2.45, 2.75) is 79.6 Å². The molecule has 0 spiro atoms. The maximum Gasteiger partial charge on any atom is 0.261 e. The van der Waals surface area contributed by atoms with E-state index in [0.717, 1.165) is 97.6 Å². The van der Waals surface area contributed by atoms with Gasteiger partial charge in [-0.25, -0.2) is 0 Å². The van der Waals surface area contributed by atoms with Crippen LogP contribution in [0.4, 0.5) is 0 Å². The second-order valence-corrected chi connectivity index (χ2v) is 27.0. The fourth-order valence-electron chi connectivity index (χ4n) is 12.2. The van der Waals surface area contributed by atoms with Crippen molar-refractivity contribution in [1.82, 2.24) is 24.0 Å². The summed E-state index contributed by atoms with van der Waals surface area (Å²) in [5, 5.41) is 22.2. The van der Waals surface area contributed by atoms with Crippen LogP contribution in [0.15, 0.2) is 177 Å². The van der Waals surface area contributed by atoms with Gasteiger partial charge in [-0.1, -0.05) is 81.5 Å². The SMILES string of the molecule is COc1cc2c(cc1-c1c(C)noc1C)cc(C=O)c(=O)n2CCc1ccc(Cl)cc1.COc1cc2c(cc1-c1c(C)noc1C)cc(CO)c(=O)n2CCc1ccc(Cl)cc1.COc1cc2c(cc1Br)C=C(C=O)C(=O)C2.COc1cc2c(cc1Br)cc(C=O)c(=O)n2CCc1ccc(Cl)cc1. The van der Waals surface area contributed by atoms with E-state index >= 15 is 0 Å². The van der Waals surface area contributed by atoms with Crippen LogP contribution in [-0.4, -0.2) is 82.2 Å². The number of aliphatic hydroxyl groups is 1. The van der Waals surface area contributed by atoms with Crippen molar-refractivity contribution in [2.75, 3.05) is 28.4 Å². The highest BCUT2D eigenvalue weighted by molar-refractivity contribution is 9.11. The molecule has 13 rings (SSSR count). The third-order valence-corrected chi connectivity index (χ3v) is 19.5. The summed E-state index contributed by atoms with van der Waals surface area (Å²) in [6.07, 6.45) is 5.56. The number of aryl methyl sites for hydroxylation is 10. The Balaban J connectivity index is 0.000000151. The Kier molecular flexibility index (Phi) is 24.9. The number of Topliss-reactive ketones (excluding diaryl/α,β-unsaturated/α-hetero) is 1.